The maximum atomic E-state index is 12.3. The molecule has 5 nitrogen and oxygen atoms in total. The van der Waals surface area contributed by atoms with Crippen LogP contribution in [0.2, 0.25) is 0 Å². The number of hydrogen-bond donors (Lipinski definition) is 1. The zero-order chi connectivity index (χ0) is 21.6. The summed E-state index contributed by atoms with van der Waals surface area (Å²) in [6.45, 7) is 15.9. The molecule has 0 bridgehead atoms. The van der Waals surface area contributed by atoms with Gasteiger partial charge in [-0.15, -0.1) is 0 Å². The standard InChI is InChI=1S/C24H38N2O3/c1-7-29-23(28)19-9-12-26(13-10-19)16-22(27)25-11-8-21-17(2)14-20(15-18(21)3)24(4,5)6/h14-15,19H,7-13,16H2,1-6H3,(H,25,27). The number of amides is 1. The fourth-order valence-corrected chi connectivity index (χ4v) is 3.99. The number of nitrogens with one attached hydrogen (secondary N) is 1. The lowest BCUT2D eigenvalue weighted by Crippen LogP contribution is -2.43. The molecule has 1 aromatic rings. The van der Waals surface area contributed by atoms with Crippen LogP contribution in [-0.4, -0.2) is 49.6 Å². The van der Waals surface area contributed by atoms with E-state index in [1.54, 1.807) is 0 Å². The predicted molar refractivity (Wildman–Crippen MR) is 117 cm³/mol. The Balaban J connectivity index is 1.77. The van der Waals surface area contributed by atoms with E-state index < -0.39 is 0 Å². The highest BCUT2D eigenvalue weighted by Crippen LogP contribution is 2.27. The van der Waals surface area contributed by atoms with Crippen LogP contribution in [0.1, 0.15) is 62.8 Å². The number of esters is 1. The maximum absolute atomic E-state index is 12.3. The summed E-state index contributed by atoms with van der Waals surface area (Å²) in [5, 5.41) is 3.06. The van der Waals surface area contributed by atoms with Crippen molar-refractivity contribution >= 4 is 11.9 Å². The van der Waals surface area contributed by atoms with Gasteiger partial charge in [-0.2, -0.15) is 0 Å². The lowest BCUT2D eigenvalue weighted by Gasteiger charge is -2.30. The number of benzene rings is 1. The highest BCUT2D eigenvalue weighted by Gasteiger charge is 2.26. The maximum Gasteiger partial charge on any atom is 0.309 e. The summed E-state index contributed by atoms with van der Waals surface area (Å²) in [4.78, 5) is 26.3. The second kappa shape index (κ2) is 10.2. The van der Waals surface area contributed by atoms with Crippen molar-refractivity contribution in [3.8, 4) is 0 Å². The Labute approximate surface area is 176 Å². The van der Waals surface area contributed by atoms with Gasteiger partial charge in [0.1, 0.15) is 0 Å². The Morgan fingerprint density at radius 1 is 1.14 bits per heavy atom. The number of carbonyl (C=O) groups excluding carboxylic acids is 2. The van der Waals surface area contributed by atoms with Crippen molar-refractivity contribution < 1.29 is 14.3 Å². The first-order chi connectivity index (χ1) is 13.6. The summed E-state index contributed by atoms with van der Waals surface area (Å²) >= 11 is 0. The fourth-order valence-electron chi connectivity index (χ4n) is 3.99. The predicted octanol–water partition coefficient (Wildman–Crippen LogP) is 3.53. The van der Waals surface area contributed by atoms with E-state index in [0.717, 1.165) is 32.4 Å². The van der Waals surface area contributed by atoms with Crippen molar-refractivity contribution in [3.63, 3.8) is 0 Å². The topological polar surface area (TPSA) is 58.6 Å². The Bertz CT molecular complexity index is 690. The molecule has 0 spiro atoms. The van der Waals surface area contributed by atoms with Crippen LogP contribution in [-0.2, 0) is 26.2 Å². The number of likely N-dealkylation sites (tertiary alicyclic amines) is 1. The van der Waals surface area contributed by atoms with Gasteiger partial charge in [-0.1, -0.05) is 32.9 Å². The van der Waals surface area contributed by atoms with E-state index in [0.29, 0.717) is 19.7 Å². The van der Waals surface area contributed by atoms with E-state index in [9.17, 15) is 9.59 Å². The Morgan fingerprint density at radius 2 is 1.72 bits per heavy atom. The molecule has 1 N–H and O–H groups in total. The minimum absolute atomic E-state index is 0.0173. The summed E-state index contributed by atoms with van der Waals surface area (Å²) in [6.07, 6.45) is 2.38. The summed E-state index contributed by atoms with van der Waals surface area (Å²) in [5.74, 6) is -0.0581. The van der Waals surface area contributed by atoms with Gasteiger partial charge in [0.05, 0.1) is 19.1 Å². The molecule has 0 unspecified atom stereocenters. The average Bonchev–Trinajstić information content (AvgIpc) is 2.63. The van der Waals surface area contributed by atoms with Crippen molar-refractivity contribution in [2.24, 2.45) is 5.92 Å². The normalized spacial score (nSPS) is 15.9. The molecule has 2 rings (SSSR count). The molecule has 5 heteroatoms. The second-order valence-electron chi connectivity index (χ2n) is 9.24. The number of piperidine rings is 1. The van der Waals surface area contributed by atoms with E-state index in [1.165, 1.54) is 22.3 Å². The van der Waals surface area contributed by atoms with Crippen LogP contribution in [0.3, 0.4) is 0 Å². The molecule has 29 heavy (non-hydrogen) atoms. The third-order valence-electron chi connectivity index (χ3n) is 5.83. The third kappa shape index (κ3) is 6.84. The second-order valence-corrected chi connectivity index (χ2v) is 9.24. The lowest BCUT2D eigenvalue weighted by molar-refractivity contribution is -0.149. The largest absolute Gasteiger partial charge is 0.466 e. The number of carbonyl (C=O) groups is 2. The van der Waals surface area contributed by atoms with Gasteiger partial charge in [-0.05, 0) is 80.8 Å². The number of aryl methyl sites for hydroxylation is 2. The van der Waals surface area contributed by atoms with E-state index in [-0.39, 0.29) is 23.2 Å². The first kappa shape index (κ1) is 23.4. The van der Waals surface area contributed by atoms with Crippen molar-refractivity contribution in [3.05, 3.63) is 34.4 Å². The molecule has 1 aromatic carbocycles. The lowest BCUT2D eigenvalue weighted by atomic mass is 9.83. The van der Waals surface area contributed by atoms with E-state index in [2.05, 4.69) is 57.0 Å². The molecule has 1 aliphatic rings. The fraction of sp³-hybridized carbons (Fsp3) is 0.667. The zero-order valence-electron chi connectivity index (χ0n) is 19.1. The van der Waals surface area contributed by atoms with Crippen LogP contribution in [0.4, 0.5) is 0 Å². The van der Waals surface area contributed by atoms with Crippen LogP contribution in [0.25, 0.3) is 0 Å². The Hall–Kier alpha value is -1.88. The monoisotopic (exact) mass is 402 g/mol. The third-order valence-corrected chi connectivity index (χ3v) is 5.83. The number of nitrogens with zero attached hydrogens (tertiary/aromatic N) is 1. The van der Waals surface area contributed by atoms with Gasteiger partial charge in [-0.3, -0.25) is 14.5 Å². The molecular formula is C24H38N2O3. The number of hydrogen-bond acceptors (Lipinski definition) is 4. The van der Waals surface area contributed by atoms with Gasteiger partial charge in [0.15, 0.2) is 0 Å². The summed E-state index contributed by atoms with van der Waals surface area (Å²) in [7, 11) is 0. The molecule has 162 valence electrons. The molecule has 0 radical (unpaired) electrons. The Morgan fingerprint density at radius 3 is 2.24 bits per heavy atom. The summed E-state index contributed by atoms with van der Waals surface area (Å²) < 4.78 is 5.10. The minimum atomic E-state index is -0.0974. The molecule has 0 aliphatic carbocycles. The van der Waals surface area contributed by atoms with E-state index in [4.69, 9.17) is 4.74 Å². The minimum Gasteiger partial charge on any atom is -0.466 e. The first-order valence-electron chi connectivity index (χ1n) is 10.9. The quantitative estimate of drug-likeness (QED) is 0.709. The molecule has 1 amide bonds. The average molecular weight is 403 g/mol. The van der Waals surface area contributed by atoms with Gasteiger partial charge in [0.25, 0.3) is 0 Å². The molecule has 0 saturated carbocycles. The highest BCUT2D eigenvalue weighted by atomic mass is 16.5. The molecule has 1 fully saturated rings. The van der Waals surface area contributed by atoms with Gasteiger partial charge >= 0.3 is 5.97 Å². The first-order valence-corrected chi connectivity index (χ1v) is 10.9. The molecule has 1 heterocycles. The SMILES string of the molecule is CCOC(=O)C1CCN(CC(=O)NCCc2c(C)cc(C(C)(C)C)cc2C)CC1. The van der Waals surface area contributed by atoms with Crippen LogP contribution in [0.5, 0.6) is 0 Å². The van der Waals surface area contributed by atoms with Crippen molar-refractivity contribution in [1.29, 1.82) is 0 Å². The van der Waals surface area contributed by atoms with E-state index >= 15 is 0 Å². The van der Waals surface area contributed by atoms with Crippen LogP contribution in [0.15, 0.2) is 12.1 Å². The van der Waals surface area contributed by atoms with Gasteiger partial charge in [0.2, 0.25) is 5.91 Å². The summed E-state index contributed by atoms with van der Waals surface area (Å²) in [6, 6.07) is 4.55. The van der Waals surface area contributed by atoms with Crippen molar-refractivity contribution in [1.82, 2.24) is 10.2 Å². The van der Waals surface area contributed by atoms with Crippen LogP contribution < -0.4 is 5.32 Å². The zero-order valence-corrected chi connectivity index (χ0v) is 19.1. The van der Waals surface area contributed by atoms with Crippen molar-refractivity contribution in [2.45, 2.75) is 66.2 Å². The molecule has 1 aliphatic heterocycles. The smallest absolute Gasteiger partial charge is 0.309 e. The molecule has 0 aromatic heterocycles. The van der Waals surface area contributed by atoms with Crippen LogP contribution in [0, 0.1) is 19.8 Å². The molecule has 0 atom stereocenters. The molecule has 1 saturated heterocycles. The van der Waals surface area contributed by atoms with E-state index in [1.807, 2.05) is 6.92 Å². The number of ether oxygens (including phenoxy) is 1. The number of rotatable bonds is 7. The van der Waals surface area contributed by atoms with Gasteiger partial charge in [0, 0.05) is 6.54 Å². The van der Waals surface area contributed by atoms with Crippen molar-refractivity contribution in [2.75, 3.05) is 32.8 Å². The van der Waals surface area contributed by atoms with Crippen LogP contribution >= 0.6 is 0 Å². The Kier molecular flexibility index (Phi) is 8.26. The highest BCUT2D eigenvalue weighted by molar-refractivity contribution is 5.78. The summed E-state index contributed by atoms with van der Waals surface area (Å²) in [5.41, 5.74) is 5.42. The van der Waals surface area contributed by atoms with Gasteiger partial charge < -0.3 is 10.1 Å². The molecular weight excluding hydrogens is 364 g/mol. The van der Waals surface area contributed by atoms with Gasteiger partial charge in [-0.25, -0.2) is 0 Å².